The average molecular weight is 190 g/mol. The first-order chi connectivity index (χ1) is 5.90. The predicted molar refractivity (Wildman–Crippen MR) is 44.8 cm³/mol. The fourth-order valence-electron chi connectivity index (χ4n) is 0.406. The third-order valence-electron chi connectivity index (χ3n) is 0.635. The Labute approximate surface area is 77.0 Å². The monoisotopic (exact) mass is 190 g/mol. The molecule has 0 spiro atoms. The van der Waals surface area contributed by atoms with Crippen LogP contribution >= 0.6 is 0 Å². The van der Waals surface area contributed by atoms with E-state index in [1.807, 2.05) is 0 Å². The minimum absolute atomic E-state index is 0.211. The zero-order valence-electron chi connectivity index (χ0n) is 8.25. The van der Waals surface area contributed by atoms with E-state index >= 15 is 0 Å². The maximum Gasteiger partial charge on any atom is 0.310 e. The fourth-order valence-corrected chi connectivity index (χ4v) is 0.406. The van der Waals surface area contributed by atoms with Gasteiger partial charge in [0.2, 0.25) is 0 Å². The molecule has 0 saturated heterocycles. The Morgan fingerprint density at radius 3 is 1.31 bits per heavy atom. The molecule has 0 aromatic heterocycles. The Bertz CT molecular complexity index is 173. The van der Waals surface area contributed by atoms with Gasteiger partial charge < -0.3 is 9.47 Å². The van der Waals surface area contributed by atoms with Gasteiger partial charge in [-0.3, -0.25) is 14.4 Å². The molecule has 0 fully saturated rings. The van der Waals surface area contributed by atoms with E-state index in [1.165, 1.54) is 20.8 Å². The highest BCUT2D eigenvalue weighted by Crippen LogP contribution is 1.73. The SMILES string of the molecule is CC(=O)OC(C)=O.CCOC(C)=O. The lowest BCUT2D eigenvalue weighted by atomic mass is 10.7. The van der Waals surface area contributed by atoms with Crippen molar-refractivity contribution in [1.29, 1.82) is 0 Å². The zero-order valence-corrected chi connectivity index (χ0v) is 8.25. The highest BCUT2D eigenvalue weighted by molar-refractivity contribution is 5.82. The molecule has 0 N–H and O–H groups in total. The molecule has 0 atom stereocenters. The van der Waals surface area contributed by atoms with Crippen molar-refractivity contribution in [3.63, 3.8) is 0 Å². The van der Waals surface area contributed by atoms with E-state index in [1.54, 1.807) is 6.92 Å². The van der Waals surface area contributed by atoms with Gasteiger partial charge in [-0.25, -0.2) is 0 Å². The van der Waals surface area contributed by atoms with Gasteiger partial charge in [0.25, 0.3) is 0 Å². The van der Waals surface area contributed by atoms with E-state index in [9.17, 15) is 14.4 Å². The summed E-state index contributed by atoms with van der Waals surface area (Å²) in [5.74, 6) is -1.34. The van der Waals surface area contributed by atoms with Crippen LogP contribution in [0.15, 0.2) is 0 Å². The molecule has 0 aliphatic rings. The molecule has 0 amide bonds. The Balaban J connectivity index is 0. The molecule has 0 aliphatic heterocycles. The van der Waals surface area contributed by atoms with E-state index in [4.69, 9.17) is 0 Å². The second kappa shape index (κ2) is 8.70. The smallest absolute Gasteiger partial charge is 0.310 e. The molecule has 0 aromatic rings. The van der Waals surface area contributed by atoms with Crippen molar-refractivity contribution in [2.75, 3.05) is 6.61 Å². The first-order valence-corrected chi connectivity index (χ1v) is 3.72. The summed E-state index contributed by atoms with van der Waals surface area (Å²) in [6.07, 6.45) is 0. The van der Waals surface area contributed by atoms with Crippen molar-refractivity contribution in [2.45, 2.75) is 27.7 Å². The van der Waals surface area contributed by atoms with Crippen molar-refractivity contribution in [3.05, 3.63) is 0 Å². The van der Waals surface area contributed by atoms with Gasteiger partial charge in [-0.1, -0.05) is 0 Å². The second-order valence-corrected chi connectivity index (χ2v) is 2.01. The molecule has 76 valence electrons. The summed E-state index contributed by atoms with van der Waals surface area (Å²) in [6, 6.07) is 0. The van der Waals surface area contributed by atoms with E-state index in [2.05, 4.69) is 9.47 Å². The Morgan fingerprint density at radius 2 is 1.31 bits per heavy atom. The summed E-state index contributed by atoms with van der Waals surface area (Å²) in [5.41, 5.74) is 0. The maximum atomic E-state index is 9.82. The largest absolute Gasteiger partial charge is 0.466 e. The molecule has 0 saturated carbocycles. The van der Waals surface area contributed by atoms with Gasteiger partial charge in [-0.15, -0.1) is 0 Å². The van der Waals surface area contributed by atoms with Crippen LogP contribution in [0.4, 0.5) is 0 Å². The van der Waals surface area contributed by atoms with Crippen molar-refractivity contribution in [1.82, 2.24) is 0 Å². The van der Waals surface area contributed by atoms with Crippen LogP contribution in [0.25, 0.3) is 0 Å². The maximum absolute atomic E-state index is 9.82. The van der Waals surface area contributed by atoms with Crippen molar-refractivity contribution in [2.24, 2.45) is 0 Å². The third kappa shape index (κ3) is 25.0. The third-order valence-corrected chi connectivity index (χ3v) is 0.635. The molecule has 0 rings (SSSR count). The minimum atomic E-state index is -0.562. The first-order valence-electron chi connectivity index (χ1n) is 3.72. The van der Waals surface area contributed by atoms with Crippen LogP contribution in [-0.2, 0) is 23.9 Å². The van der Waals surface area contributed by atoms with Crippen LogP contribution in [0.1, 0.15) is 27.7 Å². The average Bonchev–Trinajstić information content (AvgIpc) is 1.83. The van der Waals surface area contributed by atoms with E-state index < -0.39 is 11.9 Å². The molecule has 0 heterocycles. The van der Waals surface area contributed by atoms with Crippen molar-refractivity contribution >= 4 is 17.9 Å². The Hall–Kier alpha value is -1.39. The number of esters is 3. The topological polar surface area (TPSA) is 69.7 Å². The lowest BCUT2D eigenvalue weighted by molar-refractivity contribution is -0.156. The van der Waals surface area contributed by atoms with Crippen LogP contribution < -0.4 is 0 Å². The van der Waals surface area contributed by atoms with Crippen LogP contribution in [0.2, 0.25) is 0 Å². The molecular formula is C8H14O5. The lowest BCUT2D eigenvalue weighted by Crippen LogP contribution is -2.03. The van der Waals surface area contributed by atoms with Crippen LogP contribution in [0, 0.1) is 0 Å². The minimum Gasteiger partial charge on any atom is -0.466 e. The van der Waals surface area contributed by atoms with Gasteiger partial charge in [0.1, 0.15) is 0 Å². The zero-order chi connectivity index (χ0) is 10.9. The molecule has 0 radical (unpaired) electrons. The van der Waals surface area contributed by atoms with Crippen LogP contribution in [0.5, 0.6) is 0 Å². The van der Waals surface area contributed by atoms with Gasteiger partial charge >= 0.3 is 17.9 Å². The van der Waals surface area contributed by atoms with Gasteiger partial charge in [0, 0.05) is 20.8 Å². The number of hydrogen-bond acceptors (Lipinski definition) is 5. The molecule has 5 nitrogen and oxygen atoms in total. The summed E-state index contributed by atoms with van der Waals surface area (Å²) >= 11 is 0. The standard InChI is InChI=1S/C4H6O3.C4H8O2/c1-3(5)7-4(2)6;1-3-6-4(2)5/h1-2H3;3H2,1-2H3. The Kier molecular flexibility index (Phi) is 9.48. The molecule has 5 heteroatoms. The summed E-state index contributed by atoms with van der Waals surface area (Å²) in [6.45, 7) is 6.02. The van der Waals surface area contributed by atoms with E-state index in [-0.39, 0.29) is 5.97 Å². The summed E-state index contributed by atoms with van der Waals surface area (Å²) < 4.78 is 8.38. The van der Waals surface area contributed by atoms with Crippen molar-refractivity contribution < 1.29 is 23.9 Å². The highest BCUT2D eigenvalue weighted by atomic mass is 16.6. The fraction of sp³-hybridized carbons (Fsp3) is 0.625. The number of rotatable bonds is 1. The van der Waals surface area contributed by atoms with Crippen LogP contribution in [-0.4, -0.2) is 24.5 Å². The molecule has 0 bridgehead atoms. The van der Waals surface area contributed by atoms with Crippen LogP contribution in [0.3, 0.4) is 0 Å². The number of carbonyl (C=O) groups is 3. The summed E-state index contributed by atoms with van der Waals surface area (Å²) in [4.78, 5) is 29.4. The first kappa shape index (κ1) is 14.2. The van der Waals surface area contributed by atoms with Crippen molar-refractivity contribution in [3.8, 4) is 0 Å². The van der Waals surface area contributed by atoms with E-state index in [0.717, 1.165) is 0 Å². The molecule has 13 heavy (non-hydrogen) atoms. The summed E-state index contributed by atoms with van der Waals surface area (Å²) in [7, 11) is 0. The predicted octanol–water partition coefficient (Wildman–Crippen LogP) is 0.665. The molecule has 0 aliphatic carbocycles. The molecule has 0 unspecified atom stereocenters. The lowest BCUT2D eigenvalue weighted by Gasteiger charge is -1.89. The normalized spacial score (nSPS) is 7.69. The summed E-state index contributed by atoms with van der Waals surface area (Å²) in [5, 5.41) is 0. The number of hydrogen-bond donors (Lipinski definition) is 0. The molecular weight excluding hydrogens is 176 g/mol. The number of carbonyl (C=O) groups excluding carboxylic acids is 3. The highest BCUT2D eigenvalue weighted by Gasteiger charge is 1.93. The van der Waals surface area contributed by atoms with Gasteiger partial charge in [0.15, 0.2) is 0 Å². The van der Waals surface area contributed by atoms with E-state index in [0.29, 0.717) is 6.61 Å². The Morgan fingerprint density at radius 1 is 0.923 bits per heavy atom. The van der Waals surface area contributed by atoms with Gasteiger partial charge in [-0.2, -0.15) is 0 Å². The second-order valence-electron chi connectivity index (χ2n) is 2.01. The molecule has 0 aromatic carbocycles. The van der Waals surface area contributed by atoms with Gasteiger partial charge in [0.05, 0.1) is 6.61 Å². The van der Waals surface area contributed by atoms with Gasteiger partial charge in [-0.05, 0) is 6.92 Å². The quantitative estimate of drug-likeness (QED) is 0.449. The number of ether oxygens (including phenoxy) is 2.